The van der Waals surface area contributed by atoms with Crippen LogP contribution in [0.1, 0.15) is 12.5 Å². The van der Waals surface area contributed by atoms with E-state index < -0.39 is 0 Å². The van der Waals surface area contributed by atoms with Gasteiger partial charge in [-0.15, -0.1) is 0 Å². The SMILES string of the molecule is CC[N+]1(C)CCN(c2ccc(N)c(C)c2)CC1.[Cl-]. The number of hydrogen-bond donors (Lipinski definition) is 1. The number of aryl methyl sites for hydroxylation is 1. The molecule has 0 unspecified atom stereocenters. The molecule has 4 heteroatoms. The number of rotatable bonds is 2. The van der Waals surface area contributed by atoms with Gasteiger partial charge in [-0.1, -0.05) is 0 Å². The Morgan fingerprint density at radius 3 is 2.39 bits per heavy atom. The van der Waals surface area contributed by atoms with E-state index in [0.717, 1.165) is 18.8 Å². The molecule has 1 aliphatic heterocycles. The number of likely N-dealkylation sites (N-methyl/N-ethyl adjacent to an activating group) is 1. The summed E-state index contributed by atoms with van der Waals surface area (Å²) in [7, 11) is 2.35. The Morgan fingerprint density at radius 2 is 1.89 bits per heavy atom. The van der Waals surface area contributed by atoms with Crippen molar-refractivity contribution in [3.05, 3.63) is 23.8 Å². The van der Waals surface area contributed by atoms with Crippen LogP contribution < -0.4 is 23.0 Å². The first kappa shape index (κ1) is 15.1. The van der Waals surface area contributed by atoms with Crippen molar-refractivity contribution >= 4 is 11.4 Å². The fourth-order valence-electron chi connectivity index (χ4n) is 2.38. The Morgan fingerprint density at radius 1 is 1.28 bits per heavy atom. The highest BCUT2D eigenvalue weighted by Crippen LogP contribution is 2.22. The summed E-state index contributed by atoms with van der Waals surface area (Å²) in [6.45, 7) is 10.4. The van der Waals surface area contributed by atoms with Crippen LogP contribution in [0.15, 0.2) is 18.2 Å². The standard InChI is InChI=1S/C14H24N3.ClH/c1-4-17(3)9-7-16(8-10-17)13-5-6-14(15)12(2)11-13;/h5-6,11H,4,7-10,15H2,1-3H3;1H/q+1;/p-1. The number of nitrogen functional groups attached to an aromatic ring is 1. The molecular weight excluding hydrogens is 246 g/mol. The van der Waals surface area contributed by atoms with Gasteiger partial charge in [0.05, 0.1) is 39.8 Å². The molecular formula is C14H24ClN3. The molecule has 0 bridgehead atoms. The van der Waals surface area contributed by atoms with E-state index in [1.807, 2.05) is 6.07 Å². The van der Waals surface area contributed by atoms with Gasteiger partial charge in [0.15, 0.2) is 0 Å². The van der Waals surface area contributed by atoms with Crippen molar-refractivity contribution in [2.24, 2.45) is 0 Å². The number of halogens is 1. The highest BCUT2D eigenvalue weighted by Gasteiger charge is 2.26. The van der Waals surface area contributed by atoms with Gasteiger partial charge in [0.2, 0.25) is 0 Å². The second kappa shape index (κ2) is 5.81. The summed E-state index contributed by atoms with van der Waals surface area (Å²) in [4.78, 5) is 2.47. The molecule has 102 valence electrons. The molecule has 18 heavy (non-hydrogen) atoms. The lowest BCUT2D eigenvalue weighted by atomic mass is 10.1. The van der Waals surface area contributed by atoms with Crippen LogP contribution >= 0.6 is 0 Å². The maximum absolute atomic E-state index is 5.86. The molecule has 2 N–H and O–H groups in total. The summed E-state index contributed by atoms with van der Waals surface area (Å²) in [5.41, 5.74) is 9.25. The Bertz CT molecular complexity index is 398. The van der Waals surface area contributed by atoms with E-state index in [-0.39, 0.29) is 12.4 Å². The molecule has 1 aromatic rings. The largest absolute Gasteiger partial charge is 1.00 e. The minimum atomic E-state index is 0. The van der Waals surface area contributed by atoms with Gasteiger partial charge in [-0.3, -0.25) is 0 Å². The van der Waals surface area contributed by atoms with E-state index >= 15 is 0 Å². The number of nitrogens with zero attached hydrogens (tertiary/aromatic N) is 2. The number of hydrogen-bond acceptors (Lipinski definition) is 2. The zero-order valence-corrected chi connectivity index (χ0v) is 12.4. The van der Waals surface area contributed by atoms with Gasteiger partial charge in [-0.25, -0.2) is 0 Å². The van der Waals surface area contributed by atoms with Crippen LogP contribution in [0.4, 0.5) is 11.4 Å². The van der Waals surface area contributed by atoms with E-state index in [1.165, 1.54) is 35.4 Å². The van der Waals surface area contributed by atoms with Gasteiger partial charge in [0.1, 0.15) is 0 Å². The lowest BCUT2D eigenvalue weighted by Crippen LogP contribution is -3.00. The van der Waals surface area contributed by atoms with Gasteiger partial charge in [-0.2, -0.15) is 0 Å². The molecule has 0 aromatic heterocycles. The number of anilines is 2. The molecule has 1 fully saturated rings. The minimum Gasteiger partial charge on any atom is -1.00 e. The average molecular weight is 270 g/mol. The molecule has 1 saturated heterocycles. The van der Waals surface area contributed by atoms with E-state index in [9.17, 15) is 0 Å². The third-order valence-corrected chi connectivity index (χ3v) is 4.20. The smallest absolute Gasteiger partial charge is 0.0963 e. The maximum atomic E-state index is 5.86. The van der Waals surface area contributed by atoms with Crippen LogP contribution in [0.2, 0.25) is 0 Å². The number of benzene rings is 1. The maximum Gasteiger partial charge on any atom is 0.0963 e. The van der Waals surface area contributed by atoms with Crippen molar-refractivity contribution in [3.63, 3.8) is 0 Å². The summed E-state index contributed by atoms with van der Waals surface area (Å²) in [5, 5.41) is 0. The molecule has 1 heterocycles. The Hall–Kier alpha value is -0.930. The predicted molar refractivity (Wildman–Crippen MR) is 74.3 cm³/mol. The molecule has 3 nitrogen and oxygen atoms in total. The first-order valence-electron chi connectivity index (χ1n) is 6.49. The van der Waals surface area contributed by atoms with Crippen molar-refractivity contribution in [1.29, 1.82) is 0 Å². The van der Waals surface area contributed by atoms with Crippen molar-refractivity contribution in [2.75, 3.05) is 50.4 Å². The number of quaternary nitrogens is 1. The van der Waals surface area contributed by atoms with Gasteiger partial charge >= 0.3 is 0 Å². The summed E-state index contributed by atoms with van der Waals surface area (Å²) in [5.74, 6) is 0. The quantitative estimate of drug-likeness (QED) is 0.544. The molecule has 1 aromatic carbocycles. The van der Waals surface area contributed by atoms with Crippen molar-refractivity contribution in [3.8, 4) is 0 Å². The topological polar surface area (TPSA) is 29.3 Å². The van der Waals surface area contributed by atoms with Crippen LogP contribution in [0.3, 0.4) is 0 Å². The van der Waals surface area contributed by atoms with E-state index in [2.05, 4.69) is 37.9 Å². The Balaban J connectivity index is 0.00000162. The third kappa shape index (κ3) is 3.09. The normalized spacial score (nSPS) is 18.3. The molecule has 0 saturated carbocycles. The van der Waals surface area contributed by atoms with Crippen LogP contribution in [0.25, 0.3) is 0 Å². The van der Waals surface area contributed by atoms with Gasteiger partial charge < -0.3 is 27.5 Å². The highest BCUT2D eigenvalue weighted by atomic mass is 35.5. The third-order valence-electron chi connectivity index (χ3n) is 4.20. The number of nitrogens with two attached hydrogens (primary N) is 1. The molecule has 0 radical (unpaired) electrons. The van der Waals surface area contributed by atoms with Crippen LogP contribution in [-0.2, 0) is 0 Å². The Labute approximate surface area is 117 Å². The molecule has 2 rings (SSSR count). The lowest BCUT2D eigenvalue weighted by molar-refractivity contribution is -0.908. The zero-order chi connectivity index (χ0) is 12.5. The van der Waals surface area contributed by atoms with Crippen molar-refractivity contribution in [1.82, 2.24) is 0 Å². The zero-order valence-electron chi connectivity index (χ0n) is 11.6. The first-order valence-corrected chi connectivity index (χ1v) is 6.49. The van der Waals surface area contributed by atoms with Crippen LogP contribution in [-0.4, -0.2) is 44.3 Å². The van der Waals surface area contributed by atoms with Gasteiger partial charge in [0.25, 0.3) is 0 Å². The summed E-state index contributed by atoms with van der Waals surface area (Å²) < 4.78 is 1.20. The fraction of sp³-hybridized carbons (Fsp3) is 0.571. The predicted octanol–water partition coefficient (Wildman–Crippen LogP) is -1.13. The summed E-state index contributed by atoms with van der Waals surface area (Å²) in [6.07, 6.45) is 0. The van der Waals surface area contributed by atoms with Gasteiger partial charge in [-0.05, 0) is 37.6 Å². The average Bonchev–Trinajstić information content (AvgIpc) is 2.34. The van der Waals surface area contributed by atoms with Gasteiger partial charge in [0, 0.05) is 11.4 Å². The number of piperazine rings is 1. The lowest BCUT2D eigenvalue weighted by Gasteiger charge is -2.42. The van der Waals surface area contributed by atoms with Crippen LogP contribution in [0, 0.1) is 6.92 Å². The second-order valence-electron chi connectivity index (χ2n) is 5.41. The van der Waals surface area contributed by atoms with E-state index in [0.29, 0.717) is 0 Å². The Kier molecular flexibility index (Phi) is 4.88. The summed E-state index contributed by atoms with van der Waals surface area (Å²) >= 11 is 0. The molecule has 1 aliphatic rings. The summed E-state index contributed by atoms with van der Waals surface area (Å²) in [6, 6.07) is 6.37. The highest BCUT2D eigenvalue weighted by molar-refractivity contribution is 5.58. The second-order valence-corrected chi connectivity index (χ2v) is 5.41. The first-order chi connectivity index (χ1) is 8.04. The molecule has 0 amide bonds. The molecule has 0 atom stereocenters. The molecule has 0 aliphatic carbocycles. The van der Waals surface area contributed by atoms with E-state index in [4.69, 9.17) is 5.73 Å². The molecule has 0 spiro atoms. The minimum absolute atomic E-state index is 0. The van der Waals surface area contributed by atoms with E-state index in [1.54, 1.807) is 0 Å². The van der Waals surface area contributed by atoms with Crippen molar-refractivity contribution in [2.45, 2.75) is 13.8 Å². The van der Waals surface area contributed by atoms with Crippen LogP contribution in [0.5, 0.6) is 0 Å². The van der Waals surface area contributed by atoms with Crippen molar-refractivity contribution < 1.29 is 16.9 Å². The fourth-order valence-corrected chi connectivity index (χ4v) is 2.38. The monoisotopic (exact) mass is 269 g/mol.